The zero-order valence-electron chi connectivity index (χ0n) is 14.5. The van der Waals surface area contributed by atoms with Gasteiger partial charge in [0.15, 0.2) is 5.76 Å². The summed E-state index contributed by atoms with van der Waals surface area (Å²) in [7, 11) is -2.42. The fraction of sp³-hybridized carbons (Fsp3) is 0.167. The summed E-state index contributed by atoms with van der Waals surface area (Å²) in [4.78, 5) is 0.990. The van der Waals surface area contributed by atoms with Gasteiger partial charge in [0.25, 0.3) is 10.0 Å². The van der Waals surface area contributed by atoms with Crippen molar-refractivity contribution in [3.63, 3.8) is 0 Å². The molecule has 0 amide bonds. The minimum atomic E-state index is -3.85. The van der Waals surface area contributed by atoms with E-state index in [-0.39, 0.29) is 10.6 Å². The van der Waals surface area contributed by atoms with Crippen LogP contribution < -0.4 is 9.46 Å². The predicted octanol–water partition coefficient (Wildman–Crippen LogP) is 4.18. The van der Waals surface area contributed by atoms with Crippen molar-refractivity contribution in [1.82, 2.24) is 5.16 Å². The van der Waals surface area contributed by atoms with E-state index >= 15 is 0 Å². The van der Waals surface area contributed by atoms with Crippen molar-refractivity contribution < 1.29 is 17.7 Å². The van der Waals surface area contributed by atoms with Crippen LogP contribution in [0, 0.1) is 6.92 Å². The van der Waals surface area contributed by atoms with Crippen LogP contribution in [-0.4, -0.2) is 26.9 Å². The molecule has 1 heterocycles. The van der Waals surface area contributed by atoms with E-state index in [4.69, 9.17) is 9.26 Å². The molecule has 3 rings (SSSR count). The molecule has 0 atom stereocenters. The van der Waals surface area contributed by atoms with Crippen LogP contribution in [0.2, 0.25) is 0 Å². The van der Waals surface area contributed by atoms with Crippen molar-refractivity contribution in [1.29, 1.82) is 0 Å². The van der Waals surface area contributed by atoms with Crippen LogP contribution in [-0.2, 0) is 10.0 Å². The van der Waals surface area contributed by atoms with Crippen molar-refractivity contribution >= 4 is 27.5 Å². The molecule has 1 N–H and O–H groups in total. The van der Waals surface area contributed by atoms with Crippen LogP contribution in [0.15, 0.2) is 62.8 Å². The minimum Gasteiger partial charge on any atom is -0.495 e. The van der Waals surface area contributed by atoms with Crippen molar-refractivity contribution in [2.75, 3.05) is 18.1 Å². The number of ether oxygens (including phenoxy) is 1. The largest absolute Gasteiger partial charge is 0.495 e. The lowest BCUT2D eigenvalue weighted by atomic mass is 10.1. The number of benzene rings is 2. The second-order valence-corrected chi connectivity index (χ2v) is 8.07. The first kappa shape index (κ1) is 18.3. The molecule has 0 aliphatic carbocycles. The maximum atomic E-state index is 12.9. The molecule has 26 heavy (non-hydrogen) atoms. The Balaban J connectivity index is 2.02. The number of thioether (sulfide) groups is 1. The lowest BCUT2D eigenvalue weighted by Crippen LogP contribution is -2.14. The van der Waals surface area contributed by atoms with E-state index in [1.54, 1.807) is 43.3 Å². The Bertz CT molecular complexity index is 1030. The molecule has 3 aromatic rings. The number of nitrogens with one attached hydrogen (secondary N) is 1. The fourth-order valence-corrected chi connectivity index (χ4v) is 4.14. The summed E-state index contributed by atoms with van der Waals surface area (Å²) in [6.45, 7) is 1.80. The van der Waals surface area contributed by atoms with Gasteiger partial charge in [0, 0.05) is 22.2 Å². The van der Waals surface area contributed by atoms with E-state index < -0.39 is 10.0 Å². The zero-order valence-corrected chi connectivity index (χ0v) is 16.1. The maximum Gasteiger partial charge on any atom is 0.265 e. The molecular formula is C18H18N2O4S2. The highest BCUT2D eigenvalue weighted by Crippen LogP contribution is 2.32. The lowest BCUT2D eigenvalue weighted by molar-refractivity contribution is 0.402. The summed E-state index contributed by atoms with van der Waals surface area (Å²) >= 11 is 1.54. The van der Waals surface area contributed by atoms with Gasteiger partial charge in [-0.3, -0.25) is 4.72 Å². The van der Waals surface area contributed by atoms with Gasteiger partial charge in [-0.15, -0.1) is 11.8 Å². The number of hydrogen-bond acceptors (Lipinski definition) is 6. The van der Waals surface area contributed by atoms with Crippen LogP contribution in [0.4, 0.5) is 5.69 Å². The van der Waals surface area contributed by atoms with E-state index in [0.717, 1.165) is 4.90 Å². The average Bonchev–Trinajstić information content (AvgIpc) is 3.07. The topological polar surface area (TPSA) is 81.4 Å². The number of hydrogen-bond donors (Lipinski definition) is 1. The third-order valence-electron chi connectivity index (χ3n) is 3.69. The molecule has 0 saturated carbocycles. The van der Waals surface area contributed by atoms with Gasteiger partial charge in [0.05, 0.1) is 12.8 Å². The molecule has 6 nitrogen and oxygen atoms in total. The maximum absolute atomic E-state index is 12.9. The average molecular weight is 390 g/mol. The summed E-state index contributed by atoms with van der Waals surface area (Å²) in [5, 5.41) is 3.84. The summed E-state index contributed by atoms with van der Waals surface area (Å²) in [5.74, 6) is 0.740. The molecular weight excluding hydrogens is 372 g/mol. The zero-order chi connectivity index (χ0) is 18.7. The van der Waals surface area contributed by atoms with E-state index in [9.17, 15) is 8.42 Å². The molecule has 8 heteroatoms. The van der Waals surface area contributed by atoms with Crippen molar-refractivity contribution in [3.8, 4) is 17.1 Å². The third-order valence-corrected chi connectivity index (χ3v) is 5.82. The summed E-state index contributed by atoms with van der Waals surface area (Å²) in [6, 6.07) is 13.8. The molecule has 0 saturated heterocycles. The van der Waals surface area contributed by atoms with Gasteiger partial charge in [-0.25, -0.2) is 8.42 Å². The van der Waals surface area contributed by atoms with E-state index in [2.05, 4.69) is 9.88 Å². The number of sulfonamides is 1. The van der Waals surface area contributed by atoms with Gasteiger partial charge >= 0.3 is 0 Å². The van der Waals surface area contributed by atoms with Crippen molar-refractivity contribution in [3.05, 3.63) is 54.2 Å². The molecule has 0 fully saturated rings. The molecule has 1 aromatic heterocycles. The molecule has 136 valence electrons. The second-order valence-electron chi connectivity index (χ2n) is 5.54. The summed E-state index contributed by atoms with van der Waals surface area (Å²) in [6.07, 6.45) is 1.93. The molecule has 2 aromatic carbocycles. The SMILES string of the molecule is COc1ccc(-c2cc(C)no2)cc1S(=O)(=O)Nc1cccc(SC)c1. The monoisotopic (exact) mass is 390 g/mol. The summed E-state index contributed by atoms with van der Waals surface area (Å²) in [5.41, 5.74) is 1.80. The normalized spacial score (nSPS) is 11.3. The predicted molar refractivity (Wildman–Crippen MR) is 102 cm³/mol. The number of rotatable bonds is 6. The second kappa shape index (κ2) is 7.43. The highest BCUT2D eigenvalue weighted by Gasteiger charge is 2.21. The molecule has 0 bridgehead atoms. The first-order valence-electron chi connectivity index (χ1n) is 7.71. The Morgan fingerprint density at radius 3 is 2.62 bits per heavy atom. The van der Waals surface area contributed by atoms with Gasteiger partial charge in [-0.2, -0.15) is 0 Å². The minimum absolute atomic E-state index is 0.0288. The van der Waals surface area contributed by atoms with Crippen LogP contribution in [0.25, 0.3) is 11.3 Å². The smallest absolute Gasteiger partial charge is 0.265 e. The first-order valence-corrected chi connectivity index (χ1v) is 10.4. The number of aryl methyl sites for hydroxylation is 1. The van der Waals surface area contributed by atoms with Gasteiger partial charge in [0.2, 0.25) is 0 Å². The lowest BCUT2D eigenvalue weighted by Gasteiger charge is -2.13. The van der Waals surface area contributed by atoms with Gasteiger partial charge < -0.3 is 9.26 Å². The number of anilines is 1. The Kier molecular flexibility index (Phi) is 5.24. The van der Waals surface area contributed by atoms with Crippen molar-refractivity contribution in [2.45, 2.75) is 16.7 Å². The number of aromatic nitrogens is 1. The number of methoxy groups -OCH3 is 1. The Hall–Kier alpha value is -2.45. The highest BCUT2D eigenvalue weighted by molar-refractivity contribution is 7.98. The summed E-state index contributed by atoms with van der Waals surface area (Å²) < 4.78 is 38.9. The fourth-order valence-electron chi connectivity index (χ4n) is 2.44. The van der Waals surface area contributed by atoms with E-state index in [1.807, 2.05) is 12.3 Å². The van der Waals surface area contributed by atoms with E-state index in [0.29, 0.717) is 22.7 Å². The first-order chi connectivity index (χ1) is 12.4. The van der Waals surface area contributed by atoms with Crippen LogP contribution in [0.3, 0.4) is 0 Å². The Morgan fingerprint density at radius 2 is 1.96 bits per heavy atom. The molecule has 0 spiro atoms. The van der Waals surface area contributed by atoms with Gasteiger partial charge in [0.1, 0.15) is 10.6 Å². The van der Waals surface area contributed by atoms with Crippen LogP contribution in [0.5, 0.6) is 5.75 Å². The third kappa shape index (κ3) is 3.86. The number of nitrogens with zero attached hydrogens (tertiary/aromatic N) is 1. The molecule has 0 aliphatic rings. The quantitative estimate of drug-likeness (QED) is 0.636. The van der Waals surface area contributed by atoms with Crippen LogP contribution >= 0.6 is 11.8 Å². The van der Waals surface area contributed by atoms with E-state index in [1.165, 1.54) is 24.9 Å². The Morgan fingerprint density at radius 1 is 1.15 bits per heavy atom. The van der Waals surface area contributed by atoms with Crippen molar-refractivity contribution in [2.24, 2.45) is 0 Å². The molecule has 0 radical (unpaired) electrons. The van der Waals surface area contributed by atoms with Gasteiger partial charge in [-0.05, 0) is 49.6 Å². The highest BCUT2D eigenvalue weighted by atomic mass is 32.2. The van der Waals surface area contributed by atoms with Gasteiger partial charge in [-0.1, -0.05) is 11.2 Å². The van der Waals surface area contributed by atoms with Crippen LogP contribution in [0.1, 0.15) is 5.69 Å². The Labute approximate surface area is 156 Å². The standard InChI is InChI=1S/C18H18N2O4S2/c1-12-9-17(24-19-12)13-7-8-16(23-2)18(10-13)26(21,22)20-14-5-4-6-15(11-14)25-3/h4-11,20H,1-3H3. The molecule has 0 unspecified atom stereocenters. The molecule has 0 aliphatic heterocycles.